The number of alkyl halides is 6. The van der Waals surface area contributed by atoms with E-state index in [1.807, 2.05) is 0 Å². The number of amides is 1. The normalized spacial score (nSPS) is 11.9. The van der Waals surface area contributed by atoms with Crippen LogP contribution >= 0.6 is 0 Å². The van der Waals surface area contributed by atoms with Gasteiger partial charge in [0, 0.05) is 11.6 Å². The van der Waals surface area contributed by atoms with Crippen molar-refractivity contribution in [2.24, 2.45) is 0 Å². The molecule has 0 radical (unpaired) electrons. The number of anilines is 1. The summed E-state index contributed by atoms with van der Waals surface area (Å²) < 4.78 is 81.1. The smallest absolute Gasteiger partial charge is 0.306 e. The Labute approximate surface area is 189 Å². The van der Waals surface area contributed by atoms with Crippen LogP contribution in [0.2, 0.25) is 0 Å². The Kier molecular flexibility index (Phi) is 5.90. The summed E-state index contributed by atoms with van der Waals surface area (Å²) in [6.45, 7) is 0. The van der Waals surface area contributed by atoms with Crippen molar-refractivity contribution >= 4 is 11.7 Å². The number of hydrogen-bond acceptors (Lipinski definition) is 2. The fourth-order valence-electron chi connectivity index (χ4n) is 3.33. The number of aromatic nitrogens is 2. The van der Waals surface area contributed by atoms with Crippen molar-refractivity contribution in [1.82, 2.24) is 9.78 Å². The van der Waals surface area contributed by atoms with Crippen molar-refractivity contribution in [3.8, 4) is 16.9 Å². The highest BCUT2D eigenvalue weighted by Gasteiger charge is 2.38. The lowest BCUT2D eigenvalue weighted by atomic mass is 10.0. The number of nitrogens with zero attached hydrogens (tertiary/aromatic N) is 2. The molecule has 3 aromatic carbocycles. The number of nitrogens with one attached hydrogen (secondary N) is 1. The summed E-state index contributed by atoms with van der Waals surface area (Å²) in [5.74, 6) is -1.37. The van der Waals surface area contributed by atoms with Gasteiger partial charge in [-0.1, -0.05) is 48.5 Å². The summed E-state index contributed by atoms with van der Waals surface area (Å²) in [4.78, 5) is 12.9. The molecule has 0 bridgehead atoms. The monoisotopic (exact) mass is 475 g/mol. The molecule has 4 aromatic rings. The zero-order valence-corrected chi connectivity index (χ0v) is 17.2. The molecule has 34 heavy (non-hydrogen) atoms. The van der Waals surface area contributed by atoms with Crippen LogP contribution in [0, 0.1) is 0 Å². The van der Waals surface area contributed by atoms with Gasteiger partial charge in [-0.3, -0.25) is 4.79 Å². The number of carbonyl (C=O) groups is 1. The summed E-state index contributed by atoms with van der Waals surface area (Å²) in [6.07, 6.45) is -9.96. The largest absolute Gasteiger partial charge is 0.417 e. The van der Waals surface area contributed by atoms with E-state index >= 15 is 0 Å². The molecule has 0 atom stereocenters. The van der Waals surface area contributed by atoms with Crippen LogP contribution in [0.15, 0.2) is 84.9 Å². The van der Waals surface area contributed by atoms with Crippen LogP contribution < -0.4 is 5.32 Å². The zero-order valence-electron chi connectivity index (χ0n) is 17.2. The lowest BCUT2D eigenvalue weighted by Crippen LogP contribution is -2.21. The number of para-hydroxylation sites is 1. The summed E-state index contributed by atoms with van der Waals surface area (Å²) in [6, 6.07) is 19.4. The molecule has 0 aliphatic rings. The van der Waals surface area contributed by atoms with Crippen molar-refractivity contribution in [3.63, 3.8) is 0 Å². The van der Waals surface area contributed by atoms with E-state index in [9.17, 15) is 31.1 Å². The molecule has 1 amide bonds. The first-order chi connectivity index (χ1) is 16.0. The van der Waals surface area contributed by atoms with E-state index in [1.165, 1.54) is 10.7 Å². The molecular formula is C24H15F6N3O. The average Bonchev–Trinajstić information content (AvgIpc) is 3.22. The molecule has 0 saturated heterocycles. The second-order valence-corrected chi connectivity index (χ2v) is 7.24. The van der Waals surface area contributed by atoms with E-state index in [2.05, 4.69) is 10.4 Å². The van der Waals surface area contributed by atoms with E-state index in [4.69, 9.17) is 0 Å². The Morgan fingerprint density at radius 3 is 1.97 bits per heavy atom. The van der Waals surface area contributed by atoms with Gasteiger partial charge in [-0.25, -0.2) is 4.68 Å². The van der Waals surface area contributed by atoms with Gasteiger partial charge in [-0.15, -0.1) is 0 Å². The highest BCUT2D eigenvalue weighted by atomic mass is 19.4. The van der Waals surface area contributed by atoms with Crippen LogP contribution in [0.3, 0.4) is 0 Å². The molecule has 4 nitrogen and oxygen atoms in total. The summed E-state index contributed by atoms with van der Waals surface area (Å²) in [5.41, 5.74) is -2.44. The SMILES string of the molecule is O=C(Nc1cc(-c2ccccc2)nn1-c1ccccc1)c1cc(C(F)(F)F)ccc1C(F)(F)F. The van der Waals surface area contributed by atoms with Crippen molar-refractivity contribution < 1.29 is 31.1 Å². The molecule has 0 unspecified atom stereocenters. The number of halogens is 6. The molecule has 0 fully saturated rings. The third-order valence-corrected chi connectivity index (χ3v) is 4.92. The predicted octanol–water partition coefficient (Wildman–Crippen LogP) is 6.83. The molecule has 10 heteroatoms. The minimum absolute atomic E-state index is 0.0133. The maximum Gasteiger partial charge on any atom is 0.417 e. The third-order valence-electron chi connectivity index (χ3n) is 4.92. The first-order valence-corrected chi connectivity index (χ1v) is 9.85. The van der Waals surface area contributed by atoms with E-state index in [0.717, 1.165) is 0 Å². The van der Waals surface area contributed by atoms with E-state index in [0.29, 0.717) is 23.0 Å². The lowest BCUT2D eigenvalue weighted by Gasteiger charge is -2.16. The van der Waals surface area contributed by atoms with Gasteiger partial charge in [0.15, 0.2) is 0 Å². The minimum Gasteiger partial charge on any atom is -0.306 e. The van der Waals surface area contributed by atoms with Gasteiger partial charge in [0.1, 0.15) is 5.82 Å². The van der Waals surface area contributed by atoms with Gasteiger partial charge in [0.05, 0.1) is 28.1 Å². The fourth-order valence-corrected chi connectivity index (χ4v) is 3.33. The van der Waals surface area contributed by atoms with Crippen LogP contribution in [-0.2, 0) is 12.4 Å². The van der Waals surface area contributed by atoms with Crippen LogP contribution in [-0.4, -0.2) is 15.7 Å². The van der Waals surface area contributed by atoms with E-state index in [1.54, 1.807) is 60.7 Å². The Bertz CT molecular complexity index is 1310. The Morgan fingerprint density at radius 2 is 1.38 bits per heavy atom. The van der Waals surface area contributed by atoms with Crippen molar-refractivity contribution in [2.75, 3.05) is 5.32 Å². The van der Waals surface area contributed by atoms with E-state index < -0.39 is 35.0 Å². The quantitative estimate of drug-likeness (QED) is 0.329. The number of benzene rings is 3. The maximum atomic E-state index is 13.5. The lowest BCUT2D eigenvalue weighted by molar-refractivity contribution is -0.141. The minimum atomic E-state index is -5.04. The van der Waals surface area contributed by atoms with Gasteiger partial charge >= 0.3 is 12.4 Å². The number of rotatable bonds is 4. The highest BCUT2D eigenvalue weighted by Crippen LogP contribution is 2.37. The molecule has 0 spiro atoms. The van der Waals surface area contributed by atoms with Crippen LogP contribution in [0.25, 0.3) is 16.9 Å². The molecule has 1 aromatic heterocycles. The average molecular weight is 475 g/mol. The van der Waals surface area contributed by atoms with Crippen molar-refractivity contribution in [3.05, 3.63) is 102 Å². The van der Waals surface area contributed by atoms with Gasteiger partial charge in [0.2, 0.25) is 0 Å². The van der Waals surface area contributed by atoms with Gasteiger partial charge < -0.3 is 5.32 Å². The summed E-state index contributed by atoms with van der Waals surface area (Å²) in [7, 11) is 0. The Hall–Kier alpha value is -4.08. The highest BCUT2D eigenvalue weighted by molar-refractivity contribution is 6.05. The number of hydrogen-bond donors (Lipinski definition) is 1. The topological polar surface area (TPSA) is 46.9 Å². The van der Waals surface area contributed by atoms with E-state index in [-0.39, 0.29) is 18.0 Å². The fraction of sp³-hybridized carbons (Fsp3) is 0.0833. The first kappa shape index (κ1) is 23.1. The third kappa shape index (κ3) is 4.80. The number of carbonyl (C=O) groups excluding carboxylic acids is 1. The van der Waals surface area contributed by atoms with Crippen LogP contribution in [0.4, 0.5) is 32.2 Å². The van der Waals surface area contributed by atoms with Crippen molar-refractivity contribution in [2.45, 2.75) is 12.4 Å². The van der Waals surface area contributed by atoms with Crippen molar-refractivity contribution in [1.29, 1.82) is 0 Å². The molecule has 4 rings (SSSR count). The van der Waals surface area contributed by atoms with Gasteiger partial charge in [-0.2, -0.15) is 31.4 Å². The first-order valence-electron chi connectivity index (χ1n) is 9.85. The molecule has 0 aliphatic heterocycles. The molecular weight excluding hydrogens is 460 g/mol. The summed E-state index contributed by atoms with van der Waals surface area (Å²) >= 11 is 0. The molecule has 0 saturated carbocycles. The van der Waals surface area contributed by atoms with Crippen LogP contribution in [0.1, 0.15) is 21.5 Å². The molecule has 174 valence electrons. The summed E-state index contributed by atoms with van der Waals surface area (Å²) in [5, 5.41) is 6.73. The second-order valence-electron chi connectivity index (χ2n) is 7.24. The molecule has 1 heterocycles. The zero-order chi connectivity index (χ0) is 24.5. The maximum absolute atomic E-state index is 13.5. The van der Waals surface area contributed by atoms with Crippen LogP contribution in [0.5, 0.6) is 0 Å². The van der Waals surface area contributed by atoms with Gasteiger partial charge in [0.25, 0.3) is 5.91 Å². The molecule has 0 aliphatic carbocycles. The predicted molar refractivity (Wildman–Crippen MR) is 113 cm³/mol. The Balaban J connectivity index is 1.80. The molecule has 1 N–H and O–H groups in total. The van der Waals surface area contributed by atoms with Gasteiger partial charge in [-0.05, 0) is 30.3 Å². The Morgan fingerprint density at radius 1 is 0.765 bits per heavy atom. The second kappa shape index (κ2) is 8.69. The standard InChI is InChI=1S/C24H15F6N3O/c25-23(26,27)16-11-12-19(24(28,29)30)18(13-16)22(34)31-21-14-20(15-7-3-1-4-8-15)32-33(21)17-9-5-2-6-10-17/h1-14H,(H,31,34).